The third kappa shape index (κ3) is 19.3. The molecule has 0 aromatic heterocycles. The van der Waals surface area contributed by atoms with Crippen LogP contribution in [0.25, 0.3) is 0 Å². The highest BCUT2D eigenvalue weighted by Crippen LogP contribution is 1.73. The zero-order valence-corrected chi connectivity index (χ0v) is 5.25. The normalized spacial score (nSPS) is 6.67. The molecular weight excluding hydrogens is 126 g/mol. The van der Waals surface area contributed by atoms with E-state index < -0.39 is 11.9 Å². The summed E-state index contributed by atoms with van der Waals surface area (Å²) < 4.78 is 3.97. The maximum Gasteiger partial charge on any atom is 0.310 e. The molecule has 0 atom stereocenters. The van der Waals surface area contributed by atoms with Crippen LogP contribution in [0.4, 0.5) is 0 Å². The Morgan fingerprint density at radius 1 is 1.22 bits per heavy atom. The lowest BCUT2D eigenvalue weighted by atomic mass is 10.7. The third-order valence-corrected chi connectivity index (χ3v) is 0.287. The summed E-state index contributed by atoms with van der Waals surface area (Å²) in [5.74, 6) is 2.38. The number of esters is 2. The van der Waals surface area contributed by atoms with E-state index in [2.05, 4.69) is 10.6 Å². The molecule has 0 aliphatic rings. The molecule has 0 aliphatic heterocycles. The van der Waals surface area contributed by atoms with Gasteiger partial charge < -0.3 is 9.94 Å². The summed E-state index contributed by atoms with van der Waals surface area (Å²) in [6, 6.07) is 0. The summed E-state index contributed by atoms with van der Waals surface area (Å²) in [5, 5.41) is 6.50. The van der Waals surface area contributed by atoms with E-state index in [4.69, 9.17) is 5.21 Å². The topological polar surface area (TPSA) is 89.6 Å². The van der Waals surface area contributed by atoms with Gasteiger partial charge in [0.25, 0.3) is 0 Å². The molecule has 0 unspecified atom stereocenters. The Labute approximate surface area is 52.4 Å². The summed E-state index contributed by atoms with van der Waals surface area (Å²) in [6.45, 7) is 2.36. The lowest BCUT2D eigenvalue weighted by Gasteiger charge is -1.87. The van der Waals surface area contributed by atoms with Crippen LogP contribution in [-0.4, -0.2) is 17.1 Å². The monoisotopic (exact) mass is 135 g/mol. The van der Waals surface area contributed by atoms with E-state index in [1.165, 1.54) is 13.8 Å². The Balaban J connectivity index is 0. The van der Waals surface area contributed by atoms with Gasteiger partial charge in [0.2, 0.25) is 0 Å². The highest BCUT2D eigenvalue weighted by molar-refractivity contribution is 5.82. The molecule has 5 heteroatoms. The van der Waals surface area contributed by atoms with E-state index >= 15 is 0 Å². The van der Waals surface area contributed by atoms with Crippen LogP contribution < -0.4 is 5.90 Å². The number of rotatable bonds is 0. The Kier molecular flexibility index (Phi) is 8.58. The summed E-state index contributed by atoms with van der Waals surface area (Å²) in [4.78, 5) is 19.6. The molecule has 9 heavy (non-hydrogen) atoms. The number of carbonyl (C=O) groups is 2. The SMILES string of the molecule is CC(=O)OC(C)=O.NO. The molecule has 0 spiro atoms. The Bertz CT molecular complexity index is 88.7. The number of nitrogens with two attached hydrogens (primary N) is 1. The standard InChI is InChI=1S/C4H6O3.H3NO/c1-3(5)7-4(2)6;1-2/h1-2H3;2H,1H2. The first-order chi connectivity index (χ1) is 4.13. The van der Waals surface area contributed by atoms with Gasteiger partial charge >= 0.3 is 11.9 Å². The van der Waals surface area contributed by atoms with Crippen molar-refractivity contribution in [2.45, 2.75) is 13.8 Å². The van der Waals surface area contributed by atoms with Crippen molar-refractivity contribution in [3.05, 3.63) is 0 Å². The van der Waals surface area contributed by atoms with Crippen LogP contribution >= 0.6 is 0 Å². The molecule has 0 saturated carbocycles. The maximum atomic E-state index is 9.81. The van der Waals surface area contributed by atoms with Crippen molar-refractivity contribution in [1.82, 2.24) is 0 Å². The van der Waals surface area contributed by atoms with Gasteiger partial charge in [0.1, 0.15) is 0 Å². The van der Waals surface area contributed by atoms with Crippen LogP contribution in [0.3, 0.4) is 0 Å². The van der Waals surface area contributed by atoms with E-state index in [0.29, 0.717) is 0 Å². The van der Waals surface area contributed by atoms with Crippen LogP contribution in [-0.2, 0) is 14.3 Å². The van der Waals surface area contributed by atoms with Gasteiger partial charge in [0.05, 0.1) is 0 Å². The van der Waals surface area contributed by atoms with Gasteiger partial charge in [-0.05, 0) is 0 Å². The number of ether oxygens (including phenoxy) is 1. The Hall–Kier alpha value is -0.940. The second-order valence-corrected chi connectivity index (χ2v) is 1.09. The van der Waals surface area contributed by atoms with Crippen LogP contribution in [0.1, 0.15) is 13.8 Å². The minimum Gasteiger partial charge on any atom is -0.394 e. The van der Waals surface area contributed by atoms with E-state index in [0.717, 1.165) is 0 Å². The average Bonchev–Trinajstić information content (AvgIpc) is 1.68. The molecule has 54 valence electrons. The third-order valence-electron chi connectivity index (χ3n) is 0.287. The van der Waals surface area contributed by atoms with Crippen LogP contribution in [0.15, 0.2) is 0 Å². The molecule has 3 N–H and O–H groups in total. The van der Waals surface area contributed by atoms with Gasteiger partial charge in [-0.1, -0.05) is 0 Å². The second kappa shape index (κ2) is 7.06. The highest BCUT2D eigenvalue weighted by Gasteiger charge is 1.93. The predicted octanol–water partition coefficient (Wildman–Crippen LogP) is -0.570. The summed E-state index contributed by atoms with van der Waals surface area (Å²) in [6.07, 6.45) is 0. The zero-order valence-electron chi connectivity index (χ0n) is 5.25. The van der Waals surface area contributed by atoms with Crippen molar-refractivity contribution in [3.8, 4) is 0 Å². The van der Waals surface area contributed by atoms with Crippen molar-refractivity contribution >= 4 is 11.9 Å². The van der Waals surface area contributed by atoms with Crippen LogP contribution in [0.5, 0.6) is 0 Å². The average molecular weight is 135 g/mol. The quantitative estimate of drug-likeness (QED) is 0.264. The van der Waals surface area contributed by atoms with Crippen molar-refractivity contribution in [1.29, 1.82) is 0 Å². The van der Waals surface area contributed by atoms with Gasteiger partial charge in [-0.15, -0.1) is 0 Å². The van der Waals surface area contributed by atoms with Crippen molar-refractivity contribution in [3.63, 3.8) is 0 Å². The van der Waals surface area contributed by atoms with Gasteiger partial charge in [-0.3, -0.25) is 9.59 Å². The van der Waals surface area contributed by atoms with Gasteiger partial charge in [0, 0.05) is 13.8 Å². The molecule has 0 aromatic rings. The first kappa shape index (κ1) is 10.9. The number of hydrogen-bond acceptors (Lipinski definition) is 5. The Morgan fingerprint density at radius 2 is 1.44 bits per heavy atom. The molecule has 5 nitrogen and oxygen atoms in total. The molecular formula is C4H9NO4. The first-order valence-electron chi connectivity index (χ1n) is 2.07. The Morgan fingerprint density at radius 3 is 1.44 bits per heavy atom. The van der Waals surface area contributed by atoms with E-state index in [9.17, 15) is 9.59 Å². The van der Waals surface area contributed by atoms with Gasteiger partial charge in [0.15, 0.2) is 0 Å². The van der Waals surface area contributed by atoms with Gasteiger partial charge in [-0.25, -0.2) is 5.90 Å². The molecule has 0 aromatic carbocycles. The van der Waals surface area contributed by atoms with Gasteiger partial charge in [-0.2, -0.15) is 0 Å². The smallest absolute Gasteiger partial charge is 0.310 e. The lowest BCUT2D eigenvalue weighted by Crippen LogP contribution is -2.03. The molecule has 0 saturated heterocycles. The summed E-state index contributed by atoms with van der Waals surface area (Å²) in [5.41, 5.74) is 0. The summed E-state index contributed by atoms with van der Waals surface area (Å²) in [7, 11) is 0. The molecule has 0 bridgehead atoms. The molecule has 0 amide bonds. The molecule has 0 heterocycles. The lowest BCUT2D eigenvalue weighted by molar-refractivity contribution is -0.156. The molecule has 0 aliphatic carbocycles. The fourth-order valence-corrected chi connectivity index (χ4v) is 0.202. The maximum absolute atomic E-state index is 9.81. The fourth-order valence-electron chi connectivity index (χ4n) is 0.202. The first-order valence-corrected chi connectivity index (χ1v) is 2.07. The van der Waals surface area contributed by atoms with Crippen molar-refractivity contribution in [2.75, 3.05) is 0 Å². The largest absolute Gasteiger partial charge is 0.394 e. The predicted molar refractivity (Wildman–Crippen MR) is 28.4 cm³/mol. The van der Waals surface area contributed by atoms with Crippen LogP contribution in [0.2, 0.25) is 0 Å². The second-order valence-electron chi connectivity index (χ2n) is 1.09. The van der Waals surface area contributed by atoms with Crippen LogP contribution in [0, 0.1) is 0 Å². The van der Waals surface area contributed by atoms with Crippen molar-refractivity contribution in [2.24, 2.45) is 5.90 Å². The number of carbonyl (C=O) groups excluding carboxylic acids is 2. The molecule has 0 rings (SSSR count). The molecule has 0 radical (unpaired) electrons. The summed E-state index contributed by atoms with van der Waals surface area (Å²) >= 11 is 0. The fraction of sp³-hybridized carbons (Fsp3) is 0.500. The minimum absolute atomic E-state index is 0.562. The highest BCUT2D eigenvalue weighted by atomic mass is 16.6. The van der Waals surface area contributed by atoms with Crippen molar-refractivity contribution < 1.29 is 19.5 Å². The number of hydrogen-bond donors (Lipinski definition) is 2. The minimum atomic E-state index is -0.562. The molecule has 0 fully saturated rings. The van der Waals surface area contributed by atoms with E-state index in [1.54, 1.807) is 0 Å². The zero-order chi connectivity index (χ0) is 7.86. The van der Waals surface area contributed by atoms with E-state index in [-0.39, 0.29) is 0 Å². The van der Waals surface area contributed by atoms with E-state index in [1.807, 2.05) is 0 Å².